The second-order valence-corrected chi connectivity index (χ2v) is 16.4. The quantitative estimate of drug-likeness (QED) is 0.0908. The van der Waals surface area contributed by atoms with Crippen molar-refractivity contribution in [3.63, 3.8) is 0 Å². The van der Waals surface area contributed by atoms with Crippen molar-refractivity contribution in [2.24, 2.45) is 33.9 Å². The minimum atomic E-state index is -1.53. The van der Waals surface area contributed by atoms with Crippen LogP contribution in [0.5, 0.6) is 5.75 Å². The second-order valence-electron chi connectivity index (χ2n) is 15.9. The summed E-state index contributed by atoms with van der Waals surface area (Å²) in [5, 5.41) is 21.7. The molecule has 2 aliphatic carbocycles. The summed E-state index contributed by atoms with van der Waals surface area (Å²) in [5.74, 6) is -5.73. The van der Waals surface area contributed by atoms with Gasteiger partial charge in [0.1, 0.15) is 5.75 Å². The number of nitrogens with zero attached hydrogens (tertiary/aromatic N) is 5. The number of hydrogen-bond acceptors (Lipinski definition) is 9. The first kappa shape index (κ1) is 38.0. The fourth-order valence-corrected chi connectivity index (χ4v) is 9.88. The van der Waals surface area contributed by atoms with Crippen LogP contribution < -0.4 is 15.2 Å². The number of aryl methyl sites for hydroxylation is 1. The molecule has 2 heterocycles. The van der Waals surface area contributed by atoms with Crippen LogP contribution in [0.4, 0.5) is 28.4 Å². The minimum absolute atomic E-state index is 0.0967. The third-order valence-electron chi connectivity index (χ3n) is 12.4. The molecule has 5 aromatic carbocycles. The van der Waals surface area contributed by atoms with Crippen LogP contribution in [-0.2, 0) is 24.6 Å². The summed E-state index contributed by atoms with van der Waals surface area (Å²) in [6.07, 6.45) is 2.31. The SMILES string of the molecule is Cc1ccc(NN2C(=O)C3CC4C(=CCC5C(=O)N(c6ccc(N=Nc7ccc(N(C)C)cc7)cc6)C(=O)C54)C(c4cc(Cl)ccc4O)C3(c3ccccc3)C2=O)cc1. The van der Waals surface area contributed by atoms with E-state index in [1.54, 1.807) is 48.5 Å². The lowest BCUT2D eigenvalue weighted by Crippen LogP contribution is -2.53. The van der Waals surface area contributed by atoms with Crippen LogP contribution in [0.1, 0.15) is 35.4 Å². The van der Waals surface area contributed by atoms with Gasteiger partial charge in [-0.3, -0.25) is 29.5 Å². The van der Waals surface area contributed by atoms with Gasteiger partial charge in [-0.15, -0.1) is 0 Å². The van der Waals surface area contributed by atoms with E-state index in [1.807, 2.05) is 98.7 Å². The Kier molecular flexibility index (Phi) is 9.43. The molecule has 2 aliphatic heterocycles. The van der Waals surface area contributed by atoms with Gasteiger partial charge in [-0.25, -0.2) is 0 Å². The largest absolute Gasteiger partial charge is 0.508 e. The van der Waals surface area contributed by atoms with Crippen LogP contribution in [0.25, 0.3) is 0 Å². The van der Waals surface area contributed by atoms with Crippen molar-refractivity contribution in [1.82, 2.24) is 5.01 Å². The lowest BCUT2D eigenvalue weighted by Gasteiger charge is -2.50. The number of nitrogens with one attached hydrogen (secondary N) is 1. The monoisotopic (exact) mass is 804 g/mol. The number of anilines is 3. The summed E-state index contributed by atoms with van der Waals surface area (Å²) in [4.78, 5) is 62.5. The van der Waals surface area contributed by atoms with Gasteiger partial charge in [-0.05, 0) is 110 Å². The molecule has 1 saturated carbocycles. The van der Waals surface area contributed by atoms with Gasteiger partial charge < -0.3 is 10.0 Å². The summed E-state index contributed by atoms with van der Waals surface area (Å²) in [5.41, 5.74) is 7.50. The first-order valence-corrected chi connectivity index (χ1v) is 20.0. The van der Waals surface area contributed by atoms with Crippen LogP contribution >= 0.6 is 11.6 Å². The highest BCUT2D eigenvalue weighted by Gasteiger charge is 2.70. The van der Waals surface area contributed by atoms with E-state index in [0.717, 1.165) is 21.8 Å². The predicted molar refractivity (Wildman–Crippen MR) is 226 cm³/mol. The number of phenolic OH excluding ortho intramolecular Hbond substituents is 1. The summed E-state index contributed by atoms with van der Waals surface area (Å²) >= 11 is 6.63. The Morgan fingerprint density at radius 2 is 1.44 bits per heavy atom. The minimum Gasteiger partial charge on any atom is -0.508 e. The molecular formula is C47H41ClN6O5. The summed E-state index contributed by atoms with van der Waals surface area (Å²) < 4.78 is 0. The molecular weight excluding hydrogens is 764 g/mol. The van der Waals surface area contributed by atoms with Crippen LogP contribution in [-0.4, -0.2) is 47.8 Å². The van der Waals surface area contributed by atoms with E-state index in [1.165, 1.54) is 11.0 Å². The van der Waals surface area contributed by atoms with Gasteiger partial charge in [0.25, 0.3) is 11.8 Å². The molecule has 0 aromatic heterocycles. The third-order valence-corrected chi connectivity index (χ3v) is 12.7. The molecule has 11 nitrogen and oxygen atoms in total. The zero-order chi connectivity index (χ0) is 41.2. The number of benzene rings is 5. The van der Waals surface area contributed by atoms with E-state index in [2.05, 4.69) is 15.7 Å². The Balaban J connectivity index is 1.10. The molecule has 4 amide bonds. The van der Waals surface area contributed by atoms with E-state index in [4.69, 9.17) is 11.6 Å². The fraction of sp³-hybridized carbons (Fsp3) is 0.234. The number of fused-ring (bicyclic) bond motifs is 4. The van der Waals surface area contributed by atoms with E-state index in [-0.39, 0.29) is 30.4 Å². The van der Waals surface area contributed by atoms with Crippen molar-refractivity contribution in [2.75, 3.05) is 29.3 Å². The second kappa shape index (κ2) is 14.7. The standard InChI is InChI=1S/C47H41ClN6O5/c1-27-9-12-32(13-10-27)51-54-44(57)39-26-37-35(42(38-25-29(48)11-24-40(38)55)47(39,46(54)59)28-7-5-4-6-8-28)22-23-36-41(37)45(58)53(43(36)56)34-20-16-31(17-21-34)50-49-30-14-18-33(19-15-30)52(2)3/h4-22,24-25,36-37,39,41-42,51,55H,23,26H2,1-3H3. The third kappa shape index (κ3) is 6.19. The molecule has 6 unspecified atom stereocenters. The van der Waals surface area contributed by atoms with Gasteiger partial charge in [0.05, 0.1) is 45.9 Å². The number of hydrazine groups is 1. The zero-order valence-corrected chi connectivity index (χ0v) is 33.4. The molecule has 0 radical (unpaired) electrons. The summed E-state index contributed by atoms with van der Waals surface area (Å²) in [6, 6.07) is 35.7. The Morgan fingerprint density at radius 3 is 2.10 bits per heavy atom. The number of phenols is 1. The lowest BCUT2D eigenvalue weighted by atomic mass is 9.49. The molecule has 9 rings (SSSR count). The smallest absolute Gasteiger partial charge is 0.260 e. The van der Waals surface area contributed by atoms with Crippen LogP contribution in [0.15, 0.2) is 143 Å². The van der Waals surface area contributed by atoms with Gasteiger partial charge in [0.15, 0.2) is 0 Å². The highest BCUT2D eigenvalue weighted by Crippen LogP contribution is 2.65. The number of amides is 4. The average molecular weight is 805 g/mol. The fourth-order valence-electron chi connectivity index (χ4n) is 9.70. The molecule has 59 heavy (non-hydrogen) atoms. The number of allylic oxidation sites excluding steroid dienone is 2. The van der Waals surface area contributed by atoms with Gasteiger partial charge in [0, 0.05) is 36.3 Å². The Bertz CT molecular complexity index is 2560. The average Bonchev–Trinajstić information content (AvgIpc) is 3.63. The first-order chi connectivity index (χ1) is 28.5. The first-order valence-electron chi connectivity index (χ1n) is 19.6. The van der Waals surface area contributed by atoms with Crippen molar-refractivity contribution in [3.05, 3.63) is 155 Å². The van der Waals surface area contributed by atoms with Crippen LogP contribution in [0.3, 0.4) is 0 Å². The van der Waals surface area contributed by atoms with Crippen molar-refractivity contribution >= 4 is 63.7 Å². The number of carbonyl (C=O) groups excluding carboxylic acids is 4. The molecule has 3 fully saturated rings. The van der Waals surface area contributed by atoms with Gasteiger partial charge in [0.2, 0.25) is 11.8 Å². The van der Waals surface area contributed by atoms with Gasteiger partial charge in [-0.2, -0.15) is 15.2 Å². The van der Waals surface area contributed by atoms with E-state index < -0.39 is 46.8 Å². The maximum atomic E-state index is 15.3. The molecule has 0 bridgehead atoms. The Labute approximate surface area is 346 Å². The van der Waals surface area contributed by atoms with E-state index in [9.17, 15) is 19.5 Å². The van der Waals surface area contributed by atoms with E-state index in [0.29, 0.717) is 38.9 Å². The predicted octanol–water partition coefficient (Wildman–Crippen LogP) is 9.02. The molecule has 4 aliphatic rings. The summed E-state index contributed by atoms with van der Waals surface area (Å²) in [7, 11) is 3.93. The molecule has 5 aromatic rings. The molecule has 6 atom stereocenters. The van der Waals surface area contributed by atoms with Crippen LogP contribution in [0, 0.1) is 30.6 Å². The number of imide groups is 2. The number of halogens is 1. The number of carbonyl (C=O) groups is 4. The highest BCUT2D eigenvalue weighted by molar-refractivity contribution is 6.30. The number of hydrogen-bond donors (Lipinski definition) is 2. The van der Waals surface area contributed by atoms with Gasteiger partial charge in [-0.1, -0.05) is 71.3 Å². The van der Waals surface area contributed by atoms with Gasteiger partial charge >= 0.3 is 0 Å². The molecule has 2 N–H and O–H groups in total. The van der Waals surface area contributed by atoms with Crippen LogP contribution in [0.2, 0.25) is 5.02 Å². The summed E-state index contributed by atoms with van der Waals surface area (Å²) in [6.45, 7) is 1.95. The lowest BCUT2D eigenvalue weighted by molar-refractivity contribution is -0.138. The maximum absolute atomic E-state index is 15.3. The Morgan fingerprint density at radius 1 is 0.780 bits per heavy atom. The van der Waals surface area contributed by atoms with Crippen molar-refractivity contribution < 1.29 is 24.3 Å². The van der Waals surface area contributed by atoms with E-state index >= 15 is 4.79 Å². The maximum Gasteiger partial charge on any atom is 0.260 e. The molecule has 0 spiro atoms. The Hall–Kier alpha value is -6.59. The number of azo groups is 1. The normalized spacial score (nSPS) is 24.9. The van der Waals surface area contributed by atoms with Crippen molar-refractivity contribution in [2.45, 2.75) is 31.1 Å². The molecule has 2 saturated heterocycles. The van der Waals surface area contributed by atoms with Crippen molar-refractivity contribution in [1.29, 1.82) is 0 Å². The molecule has 12 heteroatoms. The number of rotatable bonds is 8. The number of aromatic hydroxyl groups is 1. The van der Waals surface area contributed by atoms with Crippen molar-refractivity contribution in [3.8, 4) is 5.75 Å². The topological polar surface area (TPSA) is 135 Å². The molecule has 296 valence electrons. The highest BCUT2D eigenvalue weighted by atomic mass is 35.5. The zero-order valence-electron chi connectivity index (χ0n) is 32.6.